The molecule has 8 aliphatic rings. The van der Waals surface area contributed by atoms with Crippen molar-refractivity contribution in [1.82, 2.24) is 0 Å². The third kappa shape index (κ3) is 10.9. The summed E-state index contributed by atoms with van der Waals surface area (Å²) in [5.41, 5.74) is 3.25. The highest BCUT2D eigenvalue weighted by Crippen LogP contribution is 2.57. The predicted octanol–water partition coefficient (Wildman–Crippen LogP) is 4.87. The van der Waals surface area contributed by atoms with Gasteiger partial charge in [-0.3, -0.25) is 0 Å². The lowest BCUT2D eigenvalue weighted by Gasteiger charge is -2.34. The van der Waals surface area contributed by atoms with Crippen molar-refractivity contribution in [3.05, 3.63) is 95.1 Å². The van der Waals surface area contributed by atoms with Gasteiger partial charge in [-0.15, -0.1) is 0 Å². The topological polar surface area (TPSA) is 174 Å². The van der Waals surface area contributed by atoms with Crippen molar-refractivity contribution in [2.75, 3.05) is 106 Å². The van der Waals surface area contributed by atoms with Crippen LogP contribution in [0, 0.1) is 0 Å². The summed E-state index contributed by atoms with van der Waals surface area (Å²) in [5, 5.41) is 0. The van der Waals surface area contributed by atoms with Crippen LogP contribution in [-0.2, 0) is 37.9 Å². The van der Waals surface area contributed by atoms with Crippen molar-refractivity contribution in [3.63, 3.8) is 0 Å². The molecule has 8 saturated heterocycles. The van der Waals surface area contributed by atoms with Crippen molar-refractivity contribution in [3.8, 4) is 46.0 Å². The van der Waals surface area contributed by atoms with E-state index in [-0.39, 0.29) is 48.8 Å². The first-order valence-electron chi connectivity index (χ1n) is 23.1. The third-order valence-electron chi connectivity index (χ3n) is 12.3. The molecule has 16 nitrogen and oxygen atoms in total. The van der Waals surface area contributed by atoms with Gasteiger partial charge in [-0.1, -0.05) is 48.5 Å². The fraction of sp³-hybridized carbons (Fsp3) is 0.520. The molecule has 12 rings (SSSR count). The van der Waals surface area contributed by atoms with E-state index in [1.165, 1.54) is 0 Å². The largest absolute Gasteiger partial charge is 0.487 e. The average Bonchev–Trinajstić information content (AvgIpc) is 4.17. The summed E-state index contributed by atoms with van der Waals surface area (Å²) < 4.78 is 99.1. The minimum atomic E-state index is -0.625. The predicted molar refractivity (Wildman–Crippen MR) is 231 cm³/mol. The van der Waals surface area contributed by atoms with Crippen molar-refractivity contribution < 1.29 is 75.8 Å². The van der Waals surface area contributed by atoms with Crippen LogP contribution in [0.3, 0.4) is 0 Å². The van der Waals surface area contributed by atoms with Crippen molar-refractivity contribution in [2.45, 2.75) is 60.7 Å². The number of benzene rings is 4. The number of rotatable bonds is 29. The molecule has 8 fully saturated rings. The molecule has 0 radical (unpaired) electrons. The zero-order chi connectivity index (χ0) is 43.8. The second-order valence-electron chi connectivity index (χ2n) is 17.8. The molecule has 66 heavy (non-hydrogen) atoms. The van der Waals surface area contributed by atoms with E-state index in [9.17, 15) is 0 Å². The first kappa shape index (κ1) is 42.3. The summed E-state index contributed by atoms with van der Waals surface area (Å²) in [6.45, 7) is 7.76. The number of ether oxygens (including phenoxy) is 16. The fourth-order valence-electron chi connectivity index (χ4n) is 7.99. The van der Waals surface area contributed by atoms with Crippen molar-refractivity contribution in [2.24, 2.45) is 0 Å². The maximum atomic E-state index is 6.89. The van der Waals surface area contributed by atoms with Crippen LogP contribution in [0.5, 0.6) is 46.0 Å². The molecule has 8 aliphatic heterocycles. The van der Waals surface area contributed by atoms with Crippen molar-refractivity contribution in [1.29, 1.82) is 0 Å². The number of para-hydroxylation sites is 4. The molecule has 4 aromatic rings. The van der Waals surface area contributed by atoms with Gasteiger partial charge in [0, 0.05) is 34.1 Å². The molecule has 0 aliphatic carbocycles. The molecule has 0 saturated carbocycles. The number of epoxide rings is 8. The first-order valence-corrected chi connectivity index (χ1v) is 23.1. The normalized spacial score (nSPS) is 27.7. The minimum absolute atomic E-state index is 0.00334. The van der Waals surface area contributed by atoms with Gasteiger partial charge in [0.25, 0.3) is 0 Å². The fourth-order valence-corrected chi connectivity index (χ4v) is 7.99. The molecule has 0 amide bonds. The van der Waals surface area contributed by atoms with Gasteiger partial charge in [0.1, 0.15) is 102 Å². The van der Waals surface area contributed by atoms with Crippen LogP contribution in [0.4, 0.5) is 0 Å². The van der Waals surface area contributed by atoms with Gasteiger partial charge in [0.2, 0.25) is 0 Å². The lowest BCUT2D eigenvalue weighted by atomic mass is 9.72. The Morgan fingerprint density at radius 1 is 0.288 bits per heavy atom. The van der Waals surface area contributed by atoms with E-state index in [1.54, 1.807) is 0 Å². The Hall–Kier alpha value is -5.04. The van der Waals surface area contributed by atoms with Crippen LogP contribution >= 0.6 is 0 Å². The maximum absolute atomic E-state index is 6.89. The van der Waals surface area contributed by atoms with E-state index >= 15 is 0 Å². The summed E-state index contributed by atoms with van der Waals surface area (Å²) >= 11 is 0. The highest BCUT2D eigenvalue weighted by atomic mass is 16.6. The van der Waals surface area contributed by atoms with Crippen LogP contribution < -0.4 is 37.9 Å². The smallest absolute Gasteiger partial charge is 0.165 e. The Kier molecular flexibility index (Phi) is 12.1. The molecule has 0 N–H and O–H groups in total. The van der Waals surface area contributed by atoms with Gasteiger partial charge in [0.05, 0.1) is 52.9 Å². The molecule has 16 heteroatoms. The van der Waals surface area contributed by atoms with E-state index in [4.69, 9.17) is 75.8 Å². The van der Waals surface area contributed by atoms with Gasteiger partial charge in [-0.05, 0) is 24.3 Å². The Bertz CT molecular complexity index is 1990. The third-order valence-corrected chi connectivity index (χ3v) is 12.3. The van der Waals surface area contributed by atoms with Crippen molar-refractivity contribution >= 4 is 0 Å². The van der Waals surface area contributed by atoms with Crippen LogP contribution in [0.2, 0.25) is 0 Å². The maximum Gasteiger partial charge on any atom is 0.165 e. The van der Waals surface area contributed by atoms with Gasteiger partial charge in [0.15, 0.2) is 46.0 Å². The number of hydrogen-bond donors (Lipinski definition) is 0. The zero-order valence-electron chi connectivity index (χ0n) is 36.5. The molecule has 350 valence electrons. The molecule has 0 spiro atoms. The molecule has 8 heterocycles. The summed E-state index contributed by atoms with van der Waals surface area (Å²) in [4.78, 5) is 0. The van der Waals surface area contributed by atoms with Gasteiger partial charge < -0.3 is 75.8 Å². The molecule has 8 atom stereocenters. The second kappa shape index (κ2) is 18.9. The lowest BCUT2D eigenvalue weighted by Crippen LogP contribution is -2.22. The zero-order valence-corrected chi connectivity index (χ0v) is 36.5. The monoisotopic (exact) mass is 910 g/mol. The van der Waals surface area contributed by atoms with E-state index in [1.807, 2.05) is 48.5 Å². The Labute approximate surface area is 382 Å². The van der Waals surface area contributed by atoms with E-state index in [2.05, 4.69) is 24.3 Å². The molecule has 8 unspecified atom stereocenters. The second-order valence-corrected chi connectivity index (χ2v) is 17.8. The summed E-state index contributed by atoms with van der Waals surface area (Å²) in [6, 6.07) is 24.1. The van der Waals surface area contributed by atoms with Crippen LogP contribution in [-0.4, -0.2) is 155 Å². The Morgan fingerprint density at radius 3 is 0.652 bits per heavy atom. The summed E-state index contributed by atoms with van der Waals surface area (Å²) in [5.74, 6) is 3.32. The first-order chi connectivity index (χ1) is 32.7. The molecule has 4 aromatic carbocycles. The molecule has 0 aromatic heterocycles. The van der Waals surface area contributed by atoms with E-state index in [0.29, 0.717) is 152 Å². The standard InChI is InChI=1S/C50H54O16/c1-5-37(47(63-25-33-17-55-33)41(9-1)59-21-29-13-51-29)45(38-6-2-10-42(60-22-30-14-52-30)48(38)64-26-34-18-56-34)46(39-7-3-11-43(61-23-31-15-53-31)49(39)65-27-35-19-57-35)40-8-4-12-44(62-24-32-16-54-32)50(40)66-28-36-20-58-36/h1-12,29-36,45-46H,13-28H2. The summed E-state index contributed by atoms with van der Waals surface area (Å²) in [7, 11) is 0. The van der Waals surface area contributed by atoms with Crippen LogP contribution in [0.15, 0.2) is 72.8 Å². The van der Waals surface area contributed by atoms with Gasteiger partial charge in [-0.25, -0.2) is 0 Å². The highest BCUT2D eigenvalue weighted by molar-refractivity contribution is 5.64. The minimum Gasteiger partial charge on any atom is -0.487 e. The van der Waals surface area contributed by atoms with Crippen LogP contribution in [0.1, 0.15) is 34.1 Å². The molecule has 0 bridgehead atoms. The van der Waals surface area contributed by atoms with E-state index < -0.39 is 11.8 Å². The van der Waals surface area contributed by atoms with Crippen LogP contribution in [0.25, 0.3) is 0 Å². The van der Waals surface area contributed by atoms with E-state index in [0.717, 1.165) is 22.3 Å². The number of hydrogen-bond acceptors (Lipinski definition) is 16. The SMILES string of the molecule is c1cc(OCC2CO2)c(OCC2CO2)c(C(c2cccc(OCC3CO3)c2OCC2CO2)C(c2cccc(OCC3CO3)c2OCC2CO2)c2cccc(OCC3CO3)c2OCC2CO2)c1. The Balaban J connectivity index is 1.09. The quantitative estimate of drug-likeness (QED) is 0.0675. The summed E-state index contributed by atoms with van der Waals surface area (Å²) in [6.07, 6.45) is -0.177. The van der Waals surface area contributed by atoms with Gasteiger partial charge >= 0.3 is 0 Å². The molecular formula is C50H54O16. The average molecular weight is 911 g/mol. The molecular weight excluding hydrogens is 857 g/mol. The lowest BCUT2D eigenvalue weighted by molar-refractivity contribution is 0.220. The van der Waals surface area contributed by atoms with Gasteiger partial charge in [-0.2, -0.15) is 0 Å². The highest BCUT2D eigenvalue weighted by Gasteiger charge is 2.41. The Morgan fingerprint density at radius 2 is 0.470 bits per heavy atom.